The van der Waals surface area contributed by atoms with Crippen LogP contribution in [0.1, 0.15) is 5.56 Å². The summed E-state index contributed by atoms with van der Waals surface area (Å²) in [4.78, 5) is 4.61. The zero-order valence-corrected chi connectivity index (χ0v) is 14.1. The number of sulfone groups is 1. The fraction of sp³-hybridized carbons (Fsp3) is 0.176. The number of benzene rings is 2. The van der Waals surface area contributed by atoms with Gasteiger partial charge in [0.05, 0.1) is 11.5 Å². The van der Waals surface area contributed by atoms with Crippen molar-refractivity contribution in [2.45, 2.75) is 11.5 Å². The van der Waals surface area contributed by atoms with Crippen LogP contribution in [0.5, 0.6) is 0 Å². The minimum atomic E-state index is -3.23. The van der Waals surface area contributed by atoms with Crippen LogP contribution in [0, 0.1) is 0 Å². The number of aromatic nitrogens is 2. The summed E-state index contributed by atoms with van der Waals surface area (Å²) in [6.07, 6.45) is 1.17. The Kier molecular flexibility index (Phi) is 4.46. The molecule has 0 radical (unpaired) electrons. The van der Waals surface area contributed by atoms with E-state index < -0.39 is 9.84 Å². The molecule has 0 aliphatic heterocycles. The van der Waals surface area contributed by atoms with Crippen molar-refractivity contribution in [1.29, 1.82) is 0 Å². The summed E-state index contributed by atoms with van der Waals surface area (Å²) in [5.41, 5.74) is 2.55. The second-order valence-electron chi connectivity index (χ2n) is 5.35. The Hall–Kier alpha value is -2.51. The fourth-order valence-corrected chi connectivity index (χ4v) is 2.85. The molecule has 1 aromatic heterocycles. The molecule has 24 heavy (non-hydrogen) atoms. The Morgan fingerprint density at radius 1 is 1.00 bits per heavy atom. The molecule has 0 saturated carbocycles. The molecule has 0 aliphatic carbocycles. The Bertz CT molecular complexity index is 929. The maximum Gasteiger partial charge on any atom is 0.258 e. The van der Waals surface area contributed by atoms with Crippen LogP contribution in [0.4, 0.5) is 0 Å². The molecule has 0 fully saturated rings. The summed E-state index contributed by atoms with van der Waals surface area (Å²) < 4.78 is 33.3. The number of nitrogens with zero attached hydrogens (tertiary/aromatic N) is 2. The maximum atomic E-state index is 11.5. The molecule has 0 aliphatic rings. The molecule has 0 N–H and O–H groups in total. The third-order valence-electron chi connectivity index (χ3n) is 3.48. The molecule has 0 amide bonds. The van der Waals surface area contributed by atoms with Crippen LogP contribution in [0.2, 0.25) is 0 Å². The number of hydrogen-bond donors (Lipinski definition) is 0. The molecule has 3 aromatic rings. The van der Waals surface area contributed by atoms with E-state index in [1.807, 2.05) is 24.3 Å². The van der Waals surface area contributed by atoms with E-state index in [1.54, 1.807) is 19.2 Å². The standard InChI is InChI=1S/C17H16N2O4S/c1-22-11-12-3-5-13(6-4-12)16-18-17(23-19-16)14-7-9-15(10-8-14)24(2,20)21/h3-10H,11H2,1-2H3. The Morgan fingerprint density at radius 3 is 2.21 bits per heavy atom. The molecule has 0 spiro atoms. The zero-order valence-electron chi connectivity index (χ0n) is 13.3. The summed E-state index contributed by atoms with van der Waals surface area (Å²) in [5.74, 6) is 0.812. The molecule has 124 valence electrons. The van der Waals surface area contributed by atoms with Gasteiger partial charge in [0, 0.05) is 24.5 Å². The van der Waals surface area contributed by atoms with Gasteiger partial charge in [-0.2, -0.15) is 4.98 Å². The third-order valence-corrected chi connectivity index (χ3v) is 4.61. The van der Waals surface area contributed by atoms with E-state index in [4.69, 9.17) is 9.26 Å². The largest absolute Gasteiger partial charge is 0.380 e. The van der Waals surface area contributed by atoms with E-state index >= 15 is 0 Å². The van der Waals surface area contributed by atoms with Crippen molar-refractivity contribution < 1.29 is 17.7 Å². The highest BCUT2D eigenvalue weighted by Crippen LogP contribution is 2.23. The highest BCUT2D eigenvalue weighted by molar-refractivity contribution is 7.90. The molecule has 0 bridgehead atoms. The van der Waals surface area contributed by atoms with Crippen molar-refractivity contribution >= 4 is 9.84 Å². The minimum absolute atomic E-state index is 0.250. The predicted octanol–water partition coefficient (Wildman–Crippen LogP) is 2.95. The first kappa shape index (κ1) is 16.4. The molecule has 6 nitrogen and oxygen atoms in total. The van der Waals surface area contributed by atoms with Crippen molar-refractivity contribution in [3.8, 4) is 22.8 Å². The van der Waals surface area contributed by atoms with E-state index in [-0.39, 0.29) is 4.90 Å². The van der Waals surface area contributed by atoms with Crippen molar-refractivity contribution in [1.82, 2.24) is 10.1 Å². The van der Waals surface area contributed by atoms with Crippen LogP contribution in [-0.2, 0) is 21.2 Å². The van der Waals surface area contributed by atoms with Gasteiger partial charge >= 0.3 is 0 Å². The van der Waals surface area contributed by atoms with Crippen LogP contribution in [0.25, 0.3) is 22.8 Å². The topological polar surface area (TPSA) is 82.3 Å². The van der Waals surface area contributed by atoms with Crippen LogP contribution in [0.15, 0.2) is 57.9 Å². The average molecular weight is 344 g/mol. The van der Waals surface area contributed by atoms with Gasteiger partial charge in [0.2, 0.25) is 5.82 Å². The van der Waals surface area contributed by atoms with Gasteiger partial charge in [-0.3, -0.25) is 0 Å². The van der Waals surface area contributed by atoms with Gasteiger partial charge in [-0.1, -0.05) is 29.4 Å². The van der Waals surface area contributed by atoms with Gasteiger partial charge in [-0.25, -0.2) is 8.42 Å². The molecule has 3 rings (SSSR count). The molecule has 2 aromatic carbocycles. The van der Waals surface area contributed by atoms with Crippen LogP contribution in [-0.4, -0.2) is 31.9 Å². The van der Waals surface area contributed by atoms with Crippen LogP contribution < -0.4 is 0 Å². The predicted molar refractivity (Wildman–Crippen MR) is 89.0 cm³/mol. The third kappa shape index (κ3) is 3.52. The maximum absolute atomic E-state index is 11.5. The van der Waals surface area contributed by atoms with Crippen LogP contribution in [0.3, 0.4) is 0 Å². The molecular weight excluding hydrogens is 328 g/mol. The molecule has 0 unspecified atom stereocenters. The highest BCUT2D eigenvalue weighted by Gasteiger charge is 2.12. The smallest absolute Gasteiger partial charge is 0.258 e. The highest BCUT2D eigenvalue weighted by atomic mass is 32.2. The average Bonchev–Trinajstić information content (AvgIpc) is 3.05. The number of ether oxygens (including phenoxy) is 1. The summed E-state index contributed by atoms with van der Waals surface area (Å²) >= 11 is 0. The van der Waals surface area contributed by atoms with Crippen molar-refractivity contribution in [2.24, 2.45) is 0 Å². The zero-order chi connectivity index (χ0) is 17.2. The second-order valence-corrected chi connectivity index (χ2v) is 7.37. The SMILES string of the molecule is COCc1ccc(-c2noc(-c3ccc(S(C)(=O)=O)cc3)n2)cc1. The lowest BCUT2D eigenvalue weighted by molar-refractivity contribution is 0.185. The fourth-order valence-electron chi connectivity index (χ4n) is 2.22. The molecule has 1 heterocycles. The first-order valence-corrected chi connectivity index (χ1v) is 9.09. The first-order chi connectivity index (χ1) is 11.5. The molecule has 7 heteroatoms. The lowest BCUT2D eigenvalue weighted by Crippen LogP contribution is -1.96. The number of hydrogen-bond acceptors (Lipinski definition) is 6. The van der Waals surface area contributed by atoms with Crippen LogP contribution >= 0.6 is 0 Å². The van der Waals surface area contributed by atoms with E-state index in [1.165, 1.54) is 18.4 Å². The van der Waals surface area contributed by atoms with E-state index in [2.05, 4.69) is 10.1 Å². The number of rotatable bonds is 5. The van der Waals surface area contributed by atoms with E-state index in [0.29, 0.717) is 23.9 Å². The van der Waals surface area contributed by atoms with Gasteiger partial charge in [0.25, 0.3) is 5.89 Å². The Morgan fingerprint density at radius 2 is 1.62 bits per heavy atom. The minimum Gasteiger partial charge on any atom is -0.380 e. The van der Waals surface area contributed by atoms with Gasteiger partial charge in [-0.15, -0.1) is 0 Å². The van der Waals surface area contributed by atoms with Gasteiger partial charge in [0.15, 0.2) is 9.84 Å². The summed E-state index contributed by atoms with van der Waals surface area (Å²) in [7, 11) is -1.58. The van der Waals surface area contributed by atoms with Gasteiger partial charge in [-0.05, 0) is 29.8 Å². The molecule has 0 saturated heterocycles. The van der Waals surface area contributed by atoms with Gasteiger partial charge in [0.1, 0.15) is 0 Å². The lowest BCUT2D eigenvalue weighted by atomic mass is 10.1. The molecule has 0 atom stereocenters. The number of methoxy groups -OCH3 is 1. The van der Waals surface area contributed by atoms with E-state index in [0.717, 1.165) is 11.1 Å². The van der Waals surface area contributed by atoms with Crippen molar-refractivity contribution in [2.75, 3.05) is 13.4 Å². The first-order valence-electron chi connectivity index (χ1n) is 7.20. The summed E-state index contributed by atoms with van der Waals surface area (Å²) in [6, 6.07) is 14.0. The van der Waals surface area contributed by atoms with E-state index in [9.17, 15) is 8.42 Å². The second kappa shape index (κ2) is 6.54. The normalized spacial score (nSPS) is 11.6. The summed E-state index contributed by atoms with van der Waals surface area (Å²) in [5, 5.41) is 3.97. The Labute approximate surface area is 140 Å². The van der Waals surface area contributed by atoms with Gasteiger partial charge < -0.3 is 9.26 Å². The Balaban J connectivity index is 1.85. The summed E-state index contributed by atoms with van der Waals surface area (Å²) in [6.45, 7) is 0.546. The molecular formula is C17H16N2O4S. The van der Waals surface area contributed by atoms with Crippen molar-refractivity contribution in [3.63, 3.8) is 0 Å². The van der Waals surface area contributed by atoms with Crippen molar-refractivity contribution in [3.05, 3.63) is 54.1 Å². The quantitative estimate of drug-likeness (QED) is 0.708. The lowest BCUT2D eigenvalue weighted by Gasteiger charge is -2.00. The monoisotopic (exact) mass is 344 g/mol.